The first-order valence-electron chi connectivity index (χ1n) is 9.50. The lowest BCUT2D eigenvalue weighted by atomic mass is 9.77. The third-order valence-corrected chi connectivity index (χ3v) is 6.29. The number of hydrogen-bond donors (Lipinski definition) is 1. The van der Waals surface area contributed by atoms with Crippen LogP contribution in [0.2, 0.25) is 5.02 Å². The zero-order chi connectivity index (χ0) is 18.9. The molecular formula is C23H31ClN2. The highest BCUT2D eigenvalue weighted by atomic mass is 35.5. The lowest BCUT2D eigenvalue weighted by molar-refractivity contribution is -0.0183. The van der Waals surface area contributed by atoms with Crippen LogP contribution in [0.3, 0.4) is 0 Å². The molecule has 1 saturated heterocycles. The van der Waals surface area contributed by atoms with Crippen LogP contribution in [-0.2, 0) is 6.54 Å². The van der Waals surface area contributed by atoms with Gasteiger partial charge in [0.1, 0.15) is 0 Å². The highest BCUT2D eigenvalue weighted by molar-refractivity contribution is 6.30. The highest BCUT2D eigenvalue weighted by Crippen LogP contribution is 2.36. The lowest BCUT2D eigenvalue weighted by Gasteiger charge is -2.53. The van der Waals surface area contributed by atoms with Crippen molar-refractivity contribution in [1.82, 2.24) is 10.2 Å². The summed E-state index contributed by atoms with van der Waals surface area (Å²) in [6.45, 7) is 10.3. The normalized spacial score (nSPS) is 20.2. The van der Waals surface area contributed by atoms with Gasteiger partial charge in [-0.3, -0.25) is 4.90 Å². The van der Waals surface area contributed by atoms with Gasteiger partial charge < -0.3 is 5.32 Å². The number of benzene rings is 2. The van der Waals surface area contributed by atoms with Crippen molar-refractivity contribution >= 4 is 11.6 Å². The number of halogens is 1. The van der Waals surface area contributed by atoms with Gasteiger partial charge in [0.05, 0.1) is 0 Å². The second kappa shape index (κ2) is 7.34. The van der Waals surface area contributed by atoms with Gasteiger partial charge in [0.2, 0.25) is 0 Å². The summed E-state index contributed by atoms with van der Waals surface area (Å²) in [7, 11) is 2.26. The fourth-order valence-corrected chi connectivity index (χ4v) is 4.36. The summed E-state index contributed by atoms with van der Waals surface area (Å²) in [5, 5.41) is 4.57. The molecule has 3 rings (SSSR count). The van der Waals surface area contributed by atoms with Crippen LogP contribution in [0.5, 0.6) is 0 Å². The van der Waals surface area contributed by atoms with E-state index in [0.29, 0.717) is 6.04 Å². The van der Waals surface area contributed by atoms with E-state index in [0.717, 1.165) is 11.6 Å². The molecule has 2 nitrogen and oxygen atoms in total. The van der Waals surface area contributed by atoms with Crippen LogP contribution in [0.1, 0.15) is 46.1 Å². The molecule has 0 bridgehead atoms. The Labute approximate surface area is 163 Å². The molecule has 0 amide bonds. The Morgan fingerprint density at radius 3 is 1.85 bits per heavy atom. The predicted octanol–water partition coefficient (Wildman–Crippen LogP) is 5.75. The molecule has 1 aliphatic rings. The number of piperidine rings is 1. The van der Waals surface area contributed by atoms with E-state index in [4.69, 9.17) is 11.6 Å². The molecule has 0 unspecified atom stereocenters. The van der Waals surface area contributed by atoms with Gasteiger partial charge in [0, 0.05) is 28.7 Å². The van der Waals surface area contributed by atoms with Crippen LogP contribution >= 0.6 is 11.6 Å². The van der Waals surface area contributed by atoms with Crippen molar-refractivity contribution in [2.45, 2.75) is 64.2 Å². The maximum absolute atomic E-state index is 5.98. The average Bonchev–Trinajstić information content (AvgIpc) is 2.59. The Hall–Kier alpha value is -1.35. The zero-order valence-electron chi connectivity index (χ0n) is 16.6. The van der Waals surface area contributed by atoms with Crippen LogP contribution < -0.4 is 5.32 Å². The van der Waals surface area contributed by atoms with Gasteiger partial charge in [-0.1, -0.05) is 48.0 Å². The molecule has 26 heavy (non-hydrogen) atoms. The maximum atomic E-state index is 5.98. The van der Waals surface area contributed by atoms with Gasteiger partial charge in [0.25, 0.3) is 0 Å². The first-order chi connectivity index (χ1) is 12.2. The molecule has 1 N–H and O–H groups in total. The van der Waals surface area contributed by atoms with Gasteiger partial charge in [-0.15, -0.1) is 0 Å². The summed E-state index contributed by atoms with van der Waals surface area (Å²) >= 11 is 5.98. The van der Waals surface area contributed by atoms with Crippen molar-refractivity contribution in [2.24, 2.45) is 0 Å². The predicted molar refractivity (Wildman–Crippen MR) is 113 cm³/mol. The van der Waals surface area contributed by atoms with Crippen LogP contribution in [0.15, 0.2) is 48.5 Å². The van der Waals surface area contributed by atoms with Gasteiger partial charge in [-0.2, -0.15) is 0 Å². The smallest absolute Gasteiger partial charge is 0.0406 e. The van der Waals surface area contributed by atoms with E-state index in [1.807, 2.05) is 12.1 Å². The van der Waals surface area contributed by atoms with E-state index in [1.165, 1.54) is 29.5 Å². The molecule has 3 heteroatoms. The fraction of sp³-hybridized carbons (Fsp3) is 0.478. The molecule has 0 aromatic heterocycles. The highest BCUT2D eigenvalue weighted by Gasteiger charge is 2.42. The van der Waals surface area contributed by atoms with Crippen LogP contribution in [-0.4, -0.2) is 29.1 Å². The van der Waals surface area contributed by atoms with Gasteiger partial charge in [-0.05, 0) is 76.4 Å². The van der Waals surface area contributed by atoms with E-state index in [2.05, 4.69) is 81.4 Å². The van der Waals surface area contributed by atoms with Gasteiger partial charge in [0.15, 0.2) is 0 Å². The summed E-state index contributed by atoms with van der Waals surface area (Å²) < 4.78 is 0. The van der Waals surface area contributed by atoms with Gasteiger partial charge >= 0.3 is 0 Å². The summed E-state index contributed by atoms with van der Waals surface area (Å²) in [5.74, 6) is 0. The summed E-state index contributed by atoms with van der Waals surface area (Å²) in [4.78, 5) is 2.53. The van der Waals surface area contributed by atoms with Crippen molar-refractivity contribution in [1.29, 1.82) is 0 Å². The van der Waals surface area contributed by atoms with E-state index in [9.17, 15) is 0 Å². The monoisotopic (exact) mass is 370 g/mol. The van der Waals surface area contributed by atoms with Crippen molar-refractivity contribution in [3.05, 3.63) is 59.1 Å². The average molecular weight is 371 g/mol. The standard InChI is InChI=1S/C23H31ClN2/c1-22(2)14-21(15-23(3,4)26(22)5)25-16-17-6-8-18(9-7-17)19-10-12-20(24)13-11-19/h6-13,21,25H,14-16H2,1-5H3. The largest absolute Gasteiger partial charge is 0.310 e. The molecule has 0 aliphatic carbocycles. The molecule has 1 aliphatic heterocycles. The SMILES string of the molecule is CN1C(C)(C)CC(NCc2ccc(-c3ccc(Cl)cc3)cc2)CC1(C)C. The van der Waals surface area contributed by atoms with E-state index < -0.39 is 0 Å². The topological polar surface area (TPSA) is 15.3 Å². The Morgan fingerprint density at radius 2 is 1.35 bits per heavy atom. The Morgan fingerprint density at radius 1 is 0.885 bits per heavy atom. The minimum atomic E-state index is 0.220. The third-order valence-electron chi connectivity index (χ3n) is 6.03. The molecule has 0 spiro atoms. The fourth-order valence-electron chi connectivity index (χ4n) is 4.24. The van der Waals surface area contributed by atoms with Crippen LogP contribution in [0, 0.1) is 0 Å². The molecule has 0 radical (unpaired) electrons. The number of rotatable bonds is 4. The molecule has 1 fully saturated rings. The molecule has 0 atom stereocenters. The summed E-state index contributed by atoms with van der Waals surface area (Å²) in [6.07, 6.45) is 2.35. The summed E-state index contributed by atoms with van der Waals surface area (Å²) in [5.41, 5.74) is 4.20. The van der Waals surface area contributed by atoms with Crippen molar-refractivity contribution in [2.75, 3.05) is 7.05 Å². The van der Waals surface area contributed by atoms with Crippen LogP contribution in [0.4, 0.5) is 0 Å². The molecule has 1 heterocycles. The molecular weight excluding hydrogens is 340 g/mol. The zero-order valence-corrected chi connectivity index (χ0v) is 17.4. The third kappa shape index (κ3) is 4.31. The lowest BCUT2D eigenvalue weighted by Crippen LogP contribution is -2.62. The van der Waals surface area contributed by atoms with E-state index in [-0.39, 0.29) is 11.1 Å². The molecule has 2 aromatic carbocycles. The number of likely N-dealkylation sites (tertiary alicyclic amines) is 1. The second-order valence-electron chi connectivity index (χ2n) is 8.87. The first-order valence-corrected chi connectivity index (χ1v) is 9.87. The molecule has 0 saturated carbocycles. The number of nitrogens with one attached hydrogen (secondary N) is 1. The van der Waals surface area contributed by atoms with Gasteiger partial charge in [-0.25, -0.2) is 0 Å². The second-order valence-corrected chi connectivity index (χ2v) is 9.31. The van der Waals surface area contributed by atoms with E-state index >= 15 is 0 Å². The Balaban J connectivity index is 1.62. The van der Waals surface area contributed by atoms with E-state index in [1.54, 1.807) is 0 Å². The van der Waals surface area contributed by atoms with Crippen molar-refractivity contribution in [3.63, 3.8) is 0 Å². The minimum absolute atomic E-state index is 0.220. The summed E-state index contributed by atoms with van der Waals surface area (Å²) in [6, 6.07) is 17.4. The Kier molecular flexibility index (Phi) is 5.48. The quantitative estimate of drug-likeness (QED) is 0.737. The molecule has 2 aromatic rings. The number of hydrogen-bond acceptors (Lipinski definition) is 2. The van der Waals surface area contributed by atoms with Crippen molar-refractivity contribution < 1.29 is 0 Å². The first kappa shape index (κ1) is 19.4. The minimum Gasteiger partial charge on any atom is -0.310 e. The number of nitrogens with zero attached hydrogens (tertiary/aromatic N) is 1. The van der Waals surface area contributed by atoms with Crippen molar-refractivity contribution in [3.8, 4) is 11.1 Å². The Bertz CT molecular complexity index is 714. The van der Waals surface area contributed by atoms with Crippen LogP contribution in [0.25, 0.3) is 11.1 Å². The molecule has 140 valence electrons. The maximum Gasteiger partial charge on any atom is 0.0406 e.